The Bertz CT molecular complexity index is 3350. The fraction of sp³-hybridized carbons (Fsp3) is 0.0312. The van der Waals surface area contributed by atoms with Crippen LogP contribution < -0.4 is 0 Å². The number of hydrogen-bond acceptors (Lipinski definition) is 2. The maximum Gasteiger partial charge on any atom is 0.160 e. The molecule has 66 heavy (non-hydrogen) atoms. The highest BCUT2D eigenvalue weighted by Gasteiger charge is 2.24. The topological polar surface area (TPSA) is 25.8 Å². The Morgan fingerprint density at radius 3 is 1.29 bits per heavy atom. The molecule has 0 aliphatic heterocycles. The van der Waals surface area contributed by atoms with Gasteiger partial charge < -0.3 is 0 Å². The second-order valence-electron chi connectivity index (χ2n) is 16.8. The minimum Gasteiger partial charge on any atom is -0.228 e. The zero-order valence-corrected chi connectivity index (χ0v) is 36.6. The van der Waals surface area contributed by atoms with Crippen molar-refractivity contribution in [3.63, 3.8) is 0 Å². The lowest BCUT2D eigenvalue weighted by Gasteiger charge is -2.24. The van der Waals surface area contributed by atoms with E-state index in [1.54, 1.807) is 0 Å². The molecular weight excluding hydrogens is 797 g/mol. The van der Waals surface area contributed by atoms with Gasteiger partial charge in [-0.1, -0.05) is 237 Å². The van der Waals surface area contributed by atoms with E-state index in [9.17, 15) is 0 Å². The number of nitrogens with zero attached hydrogens (tertiary/aromatic N) is 2. The van der Waals surface area contributed by atoms with E-state index in [2.05, 4.69) is 255 Å². The quantitative estimate of drug-likeness (QED) is 0.137. The molecule has 0 N–H and O–H groups in total. The Labute approximate surface area is 387 Å². The van der Waals surface area contributed by atoms with Gasteiger partial charge in [0, 0.05) is 16.7 Å². The van der Waals surface area contributed by atoms with E-state index in [-0.39, 0.29) is 0 Å². The van der Waals surface area contributed by atoms with E-state index in [1.165, 1.54) is 50.1 Å². The third kappa shape index (κ3) is 8.13. The van der Waals surface area contributed by atoms with Crippen molar-refractivity contribution in [1.29, 1.82) is 0 Å². The predicted molar refractivity (Wildman–Crippen MR) is 277 cm³/mol. The van der Waals surface area contributed by atoms with Crippen molar-refractivity contribution in [1.82, 2.24) is 9.97 Å². The van der Waals surface area contributed by atoms with E-state index in [0.29, 0.717) is 5.82 Å². The summed E-state index contributed by atoms with van der Waals surface area (Å²) in [4.78, 5) is 10.8. The van der Waals surface area contributed by atoms with E-state index in [4.69, 9.17) is 9.97 Å². The molecule has 0 spiro atoms. The fourth-order valence-electron chi connectivity index (χ4n) is 9.42. The van der Waals surface area contributed by atoms with E-state index < -0.39 is 0 Å². The highest BCUT2D eigenvalue weighted by molar-refractivity contribution is 6.07. The molecule has 1 aliphatic rings. The molecule has 1 heterocycles. The molecule has 0 bridgehead atoms. The Morgan fingerprint density at radius 1 is 0.288 bits per heavy atom. The first-order chi connectivity index (χ1) is 32.7. The lowest BCUT2D eigenvalue weighted by atomic mass is 9.79. The van der Waals surface area contributed by atoms with Crippen LogP contribution >= 0.6 is 0 Å². The van der Waals surface area contributed by atoms with E-state index >= 15 is 0 Å². The Balaban J connectivity index is 1.12. The first kappa shape index (κ1) is 40.3. The van der Waals surface area contributed by atoms with Crippen LogP contribution in [0.25, 0.3) is 106 Å². The number of aromatic nitrogens is 2. The van der Waals surface area contributed by atoms with Crippen molar-refractivity contribution in [2.45, 2.75) is 12.8 Å². The third-order valence-corrected chi connectivity index (χ3v) is 12.6. The van der Waals surface area contributed by atoms with Crippen LogP contribution in [-0.2, 0) is 0 Å². The molecule has 0 atom stereocenters. The minimum absolute atomic E-state index is 0.680. The lowest BCUT2D eigenvalue weighted by molar-refractivity contribution is 1.05. The van der Waals surface area contributed by atoms with Gasteiger partial charge in [0.25, 0.3) is 0 Å². The van der Waals surface area contributed by atoms with Gasteiger partial charge in [0.1, 0.15) is 0 Å². The van der Waals surface area contributed by atoms with Gasteiger partial charge in [0.15, 0.2) is 5.82 Å². The second kappa shape index (κ2) is 18.3. The summed E-state index contributed by atoms with van der Waals surface area (Å²) in [5, 5.41) is 0. The number of rotatable bonds is 10. The Kier molecular flexibility index (Phi) is 11.2. The van der Waals surface area contributed by atoms with Gasteiger partial charge >= 0.3 is 0 Å². The van der Waals surface area contributed by atoms with Crippen molar-refractivity contribution in [2.24, 2.45) is 0 Å². The number of hydrogen-bond donors (Lipinski definition) is 0. The van der Waals surface area contributed by atoms with Gasteiger partial charge in [-0.25, -0.2) is 9.97 Å². The molecule has 0 fully saturated rings. The molecule has 0 saturated heterocycles. The van der Waals surface area contributed by atoms with Crippen LogP contribution in [0.1, 0.15) is 18.4 Å². The predicted octanol–water partition coefficient (Wildman–Crippen LogP) is 17.2. The van der Waals surface area contributed by atoms with E-state index in [1.807, 2.05) is 0 Å². The van der Waals surface area contributed by atoms with Crippen LogP contribution in [0.5, 0.6) is 0 Å². The normalized spacial score (nSPS) is 12.2. The van der Waals surface area contributed by atoms with Crippen LogP contribution in [-0.4, -0.2) is 9.97 Å². The highest BCUT2D eigenvalue weighted by atomic mass is 14.9. The molecular formula is C64H46N2. The molecule has 0 radical (unpaired) electrons. The van der Waals surface area contributed by atoms with Crippen molar-refractivity contribution in [3.05, 3.63) is 260 Å². The molecule has 2 heteroatoms. The van der Waals surface area contributed by atoms with Crippen LogP contribution in [0.3, 0.4) is 0 Å². The molecule has 0 amide bonds. The van der Waals surface area contributed by atoms with Gasteiger partial charge in [0.05, 0.1) is 11.4 Å². The Hall–Kier alpha value is -8.46. The van der Waals surface area contributed by atoms with Gasteiger partial charge in [0.2, 0.25) is 0 Å². The van der Waals surface area contributed by atoms with Gasteiger partial charge in [-0.05, 0) is 109 Å². The van der Waals surface area contributed by atoms with Gasteiger partial charge in [-0.15, -0.1) is 0 Å². The summed E-state index contributed by atoms with van der Waals surface area (Å²) in [6.07, 6.45) is 8.72. The lowest BCUT2D eigenvalue weighted by Crippen LogP contribution is -1.99. The van der Waals surface area contributed by atoms with Crippen LogP contribution in [0.4, 0.5) is 0 Å². The summed E-state index contributed by atoms with van der Waals surface area (Å²) >= 11 is 0. The summed E-state index contributed by atoms with van der Waals surface area (Å²) in [7, 11) is 0. The maximum absolute atomic E-state index is 5.39. The molecule has 10 aromatic rings. The van der Waals surface area contributed by atoms with Crippen LogP contribution in [0.2, 0.25) is 0 Å². The molecule has 0 unspecified atom stereocenters. The zero-order valence-electron chi connectivity index (χ0n) is 36.6. The summed E-state index contributed by atoms with van der Waals surface area (Å²) in [6, 6.07) is 84.8. The van der Waals surface area contributed by atoms with Crippen LogP contribution in [0, 0.1) is 0 Å². The molecule has 1 aromatic heterocycles. The van der Waals surface area contributed by atoms with Crippen LogP contribution in [0.15, 0.2) is 255 Å². The number of benzene rings is 9. The standard InChI is InChI=1S/C64H46N2/c1-7-22-45(23-8-1)53-34-21-35-54(42-53)59-44-60(56-37-20-19-36-55(56)46-24-9-2-10-25-46)66-64(65-59)52-40-38-48(39-41-52)58-43-57(47-26-11-3-12-27-47)61(49-28-13-4-14-29-49)63(51-32-17-6-18-33-51)62(58)50-30-15-5-16-31-50/h1-7,9-22,24-44H,8,23H2. The minimum atomic E-state index is 0.680. The van der Waals surface area contributed by atoms with Crippen molar-refractivity contribution < 1.29 is 0 Å². The summed E-state index contributed by atoms with van der Waals surface area (Å²) in [5.41, 5.74) is 21.4. The van der Waals surface area contributed by atoms with Crippen molar-refractivity contribution >= 4 is 5.57 Å². The molecule has 0 saturated carbocycles. The van der Waals surface area contributed by atoms with E-state index in [0.717, 1.165) is 68.7 Å². The first-order valence-electron chi connectivity index (χ1n) is 22.8. The first-order valence-corrected chi connectivity index (χ1v) is 22.8. The molecule has 2 nitrogen and oxygen atoms in total. The smallest absolute Gasteiger partial charge is 0.160 e. The van der Waals surface area contributed by atoms with Gasteiger partial charge in [-0.2, -0.15) is 0 Å². The van der Waals surface area contributed by atoms with Crippen molar-refractivity contribution in [3.8, 4) is 101 Å². The average molecular weight is 843 g/mol. The summed E-state index contributed by atoms with van der Waals surface area (Å²) in [5.74, 6) is 0.680. The second-order valence-corrected chi connectivity index (χ2v) is 16.8. The van der Waals surface area contributed by atoms with Crippen molar-refractivity contribution in [2.75, 3.05) is 0 Å². The zero-order chi connectivity index (χ0) is 44.1. The number of allylic oxidation sites excluding steroid dienone is 4. The molecule has 11 rings (SSSR count). The molecule has 312 valence electrons. The van der Waals surface area contributed by atoms with Gasteiger partial charge in [-0.3, -0.25) is 0 Å². The highest BCUT2D eigenvalue weighted by Crippen LogP contribution is 2.50. The third-order valence-electron chi connectivity index (χ3n) is 12.6. The maximum atomic E-state index is 5.39. The fourth-order valence-corrected chi connectivity index (χ4v) is 9.42. The largest absolute Gasteiger partial charge is 0.228 e. The monoisotopic (exact) mass is 842 g/mol. The molecule has 9 aromatic carbocycles. The Morgan fingerprint density at radius 2 is 0.727 bits per heavy atom. The average Bonchev–Trinajstić information content (AvgIpc) is 3.41. The molecule has 1 aliphatic carbocycles. The summed E-state index contributed by atoms with van der Waals surface area (Å²) in [6.45, 7) is 0. The SMILES string of the molecule is C1=CCCC(c2cccc(-c3cc(-c4ccccc4-c4ccccc4)nc(-c4ccc(-c5cc(-c6ccccc6)c(-c6ccccc6)c(-c6ccccc6)c5-c5ccccc5)cc4)n3)c2)=C1. The summed E-state index contributed by atoms with van der Waals surface area (Å²) < 4.78 is 0.